The molecule has 0 aromatic heterocycles. The van der Waals surface area contributed by atoms with Crippen LogP contribution >= 0.6 is 0 Å². The molecule has 1 aliphatic heterocycles. The van der Waals surface area contributed by atoms with E-state index in [1.165, 1.54) is 26.0 Å². The highest BCUT2D eigenvalue weighted by Crippen LogP contribution is 2.27. The van der Waals surface area contributed by atoms with Crippen LogP contribution in [0, 0.1) is 0 Å². The summed E-state index contributed by atoms with van der Waals surface area (Å²) in [6.45, 7) is 3.40. The van der Waals surface area contributed by atoms with Crippen molar-refractivity contribution in [3.8, 4) is 5.75 Å². The summed E-state index contributed by atoms with van der Waals surface area (Å²) in [6, 6.07) is 6.24. The molecule has 1 unspecified atom stereocenters. The summed E-state index contributed by atoms with van der Waals surface area (Å²) in [5.74, 6) is -1.22. The highest BCUT2D eigenvalue weighted by molar-refractivity contribution is 5.88. The van der Waals surface area contributed by atoms with Gasteiger partial charge in [0.15, 0.2) is 6.10 Å². The third-order valence-corrected chi connectivity index (χ3v) is 3.82. The molecule has 0 aliphatic carbocycles. The van der Waals surface area contributed by atoms with Crippen LogP contribution in [0.1, 0.15) is 20.8 Å². The first-order chi connectivity index (χ1) is 13.2. The Bertz CT molecular complexity index is 706. The lowest BCUT2D eigenvalue weighted by Gasteiger charge is -2.41. The average Bonchev–Trinajstić information content (AvgIpc) is 2.61. The minimum absolute atomic E-state index is 0.229. The molecule has 10 heteroatoms. The van der Waals surface area contributed by atoms with Crippen molar-refractivity contribution in [2.75, 3.05) is 11.9 Å². The molecule has 3 N–H and O–H groups in total. The van der Waals surface area contributed by atoms with Gasteiger partial charge in [-0.05, 0) is 24.3 Å². The van der Waals surface area contributed by atoms with Crippen LogP contribution in [0.2, 0.25) is 0 Å². The topological polar surface area (TPSA) is 141 Å². The molecule has 1 aliphatic rings. The Morgan fingerprint density at radius 1 is 1.04 bits per heavy atom. The normalized spacial score (nSPS) is 26.8. The van der Waals surface area contributed by atoms with Gasteiger partial charge in [0, 0.05) is 26.5 Å². The molecule has 1 aromatic rings. The number of anilines is 1. The lowest BCUT2D eigenvalue weighted by atomic mass is 9.99. The number of carbonyl (C=O) groups is 3. The molecule has 5 atom stereocenters. The number of hydrogen-bond donors (Lipinski definition) is 3. The predicted molar refractivity (Wildman–Crippen MR) is 94.2 cm³/mol. The fraction of sp³-hybridized carbons (Fsp3) is 0.500. The van der Waals surface area contributed by atoms with Crippen molar-refractivity contribution < 1.29 is 43.5 Å². The van der Waals surface area contributed by atoms with Crippen LogP contribution in [0.15, 0.2) is 24.3 Å². The second-order valence-corrected chi connectivity index (χ2v) is 6.22. The molecular formula is C18H23NO9. The van der Waals surface area contributed by atoms with E-state index in [0.29, 0.717) is 11.4 Å². The number of nitrogens with one attached hydrogen (secondary N) is 1. The molecule has 1 saturated heterocycles. The van der Waals surface area contributed by atoms with E-state index in [1.807, 2.05) is 0 Å². The number of benzene rings is 1. The van der Waals surface area contributed by atoms with Gasteiger partial charge in [0.1, 0.15) is 30.7 Å². The third-order valence-electron chi connectivity index (χ3n) is 3.82. The van der Waals surface area contributed by atoms with Crippen molar-refractivity contribution in [2.24, 2.45) is 0 Å². The van der Waals surface area contributed by atoms with E-state index in [9.17, 15) is 24.6 Å². The Hall–Kier alpha value is -2.69. The van der Waals surface area contributed by atoms with Gasteiger partial charge in [0.25, 0.3) is 0 Å². The minimum atomic E-state index is -1.53. The van der Waals surface area contributed by atoms with Gasteiger partial charge in [-0.15, -0.1) is 0 Å². The van der Waals surface area contributed by atoms with Crippen LogP contribution < -0.4 is 10.1 Å². The zero-order valence-corrected chi connectivity index (χ0v) is 15.7. The summed E-state index contributed by atoms with van der Waals surface area (Å²) < 4.78 is 21.0. The maximum Gasteiger partial charge on any atom is 0.303 e. The number of esters is 2. The maximum absolute atomic E-state index is 11.3. The van der Waals surface area contributed by atoms with Crippen LogP contribution in [-0.4, -0.2) is 65.4 Å². The number of amides is 1. The summed E-state index contributed by atoms with van der Waals surface area (Å²) in [7, 11) is 0. The lowest BCUT2D eigenvalue weighted by molar-refractivity contribution is -0.282. The Morgan fingerprint density at radius 3 is 2.21 bits per heavy atom. The van der Waals surface area contributed by atoms with E-state index in [0.717, 1.165) is 6.92 Å². The second-order valence-electron chi connectivity index (χ2n) is 6.22. The number of aliphatic hydroxyl groups excluding tert-OH is 2. The Balaban J connectivity index is 2.11. The smallest absolute Gasteiger partial charge is 0.303 e. The third kappa shape index (κ3) is 5.91. The van der Waals surface area contributed by atoms with E-state index in [2.05, 4.69) is 5.32 Å². The first-order valence-electron chi connectivity index (χ1n) is 8.54. The molecule has 1 fully saturated rings. The number of aliphatic hydroxyl groups is 2. The average molecular weight is 397 g/mol. The van der Waals surface area contributed by atoms with E-state index < -0.39 is 42.6 Å². The quantitative estimate of drug-likeness (QED) is 0.564. The SMILES string of the molecule is CC(=O)Nc1ccc(O[C@H]2O[C@H](COC(C)=O)[C@@H](OC(C)=O)C(O)[C@@H]2O)cc1. The van der Waals surface area contributed by atoms with Crippen LogP contribution in [0.5, 0.6) is 5.75 Å². The van der Waals surface area contributed by atoms with Crippen molar-refractivity contribution in [2.45, 2.75) is 51.5 Å². The van der Waals surface area contributed by atoms with E-state index in [-0.39, 0.29) is 12.5 Å². The summed E-state index contributed by atoms with van der Waals surface area (Å²) >= 11 is 0. The Morgan fingerprint density at radius 2 is 1.68 bits per heavy atom. The van der Waals surface area contributed by atoms with Gasteiger partial charge >= 0.3 is 11.9 Å². The number of hydrogen-bond acceptors (Lipinski definition) is 9. The zero-order valence-electron chi connectivity index (χ0n) is 15.7. The van der Waals surface area contributed by atoms with Crippen LogP contribution in [0.25, 0.3) is 0 Å². The first-order valence-corrected chi connectivity index (χ1v) is 8.54. The molecule has 0 radical (unpaired) electrons. The molecule has 28 heavy (non-hydrogen) atoms. The van der Waals surface area contributed by atoms with Gasteiger partial charge in [-0.25, -0.2) is 0 Å². The molecule has 2 rings (SSSR count). The van der Waals surface area contributed by atoms with Gasteiger partial charge in [-0.1, -0.05) is 0 Å². The number of ether oxygens (including phenoxy) is 4. The fourth-order valence-corrected chi connectivity index (χ4v) is 2.63. The summed E-state index contributed by atoms with van der Waals surface area (Å²) in [5, 5.41) is 23.2. The van der Waals surface area contributed by atoms with Gasteiger partial charge in [0.2, 0.25) is 12.2 Å². The van der Waals surface area contributed by atoms with Crippen molar-refractivity contribution >= 4 is 23.5 Å². The minimum Gasteiger partial charge on any atom is -0.463 e. The van der Waals surface area contributed by atoms with E-state index >= 15 is 0 Å². The van der Waals surface area contributed by atoms with Crippen molar-refractivity contribution in [1.29, 1.82) is 0 Å². The fourth-order valence-electron chi connectivity index (χ4n) is 2.63. The van der Waals surface area contributed by atoms with Crippen molar-refractivity contribution in [1.82, 2.24) is 0 Å². The largest absolute Gasteiger partial charge is 0.463 e. The molecule has 154 valence electrons. The van der Waals surface area contributed by atoms with Gasteiger partial charge in [-0.3, -0.25) is 14.4 Å². The molecule has 1 aromatic carbocycles. The Labute approximate surface area is 161 Å². The van der Waals surface area contributed by atoms with Gasteiger partial charge in [-0.2, -0.15) is 0 Å². The highest BCUT2D eigenvalue weighted by Gasteiger charge is 2.48. The van der Waals surface area contributed by atoms with E-state index in [4.69, 9.17) is 18.9 Å². The van der Waals surface area contributed by atoms with Crippen LogP contribution in [0.4, 0.5) is 5.69 Å². The van der Waals surface area contributed by atoms with Crippen LogP contribution in [-0.2, 0) is 28.6 Å². The molecule has 0 saturated carbocycles. The zero-order chi connectivity index (χ0) is 20.8. The molecule has 0 spiro atoms. The van der Waals surface area contributed by atoms with Crippen LogP contribution in [0.3, 0.4) is 0 Å². The second kappa shape index (κ2) is 9.49. The predicted octanol–water partition coefficient (Wildman–Crippen LogP) is -0.0347. The highest BCUT2D eigenvalue weighted by atomic mass is 16.7. The van der Waals surface area contributed by atoms with Gasteiger partial charge in [0.05, 0.1) is 0 Å². The molecular weight excluding hydrogens is 374 g/mol. The first kappa shape index (κ1) is 21.6. The summed E-state index contributed by atoms with van der Waals surface area (Å²) in [6.07, 6.45) is -6.66. The maximum atomic E-state index is 11.3. The van der Waals surface area contributed by atoms with E-state index in [1.54, 1.807) is 12.1 Å². The molecule has 1 amide bonds. The van der Waals surface area contributed by atoms with Crippen molar-refractivity contribution in [3.05, 3.63) is 24.3 Å². The molecule has 0 bridgehead atoms. The lowest BCUT2D eigenvalue weighted by Crippen LogP contribution is -2.61. The molecule has 1 heterocycles. The summed E-state index contributed by atoms with van der Waals surface area (Å²) in [5.41, 5.74) is 0.549. The number of carbonyl (C=O) groups excluding carboxylic acids is 3. The van der Waals surface area contributed by atoms with Gasteiger partial charge < -0.3 is 34.5 Å². The standard InChI is InChI=1S/C18H23NO9/c1-9(20)19-12-4-6-13(7-5-12)27-18-16(24)15(23)17(26-11(3)22)14(28-18)8-25-10(2)21/h4-7,14-18,23-24H,8H2,1-3H3,(H,19,20)/t14-,15?,16+,17-,18+/m1/s1. The summed E-state index contributed by atoms with van der Waals surface area (Å²) in [4.78, 5) is 33.4. The Kier molecular flexibility index (Phi) is 7.32. The number of rotatable bonds is 6. The monoisotopic (exact) mass is 397 g/mol. The van der Waals surface area contributed by atoms with Crippen molar-refractivity contribution in [3.63, 3.8) is 0 Å². The molecule has 10 nitrogen and oxygen atoms in total.